The first-order chi connectivity index (χ1) is 11.2. The highest BCUT2D eigenvalue weighted by atomic mass is 16.5. The molecule has 0 aliphatic carbocycles. The third kappa shape index (κ3) is 3.73. The molecule has 1 aromatic heterocycles. The lowest BCUT2D eigenvalue weighted by Crippen LogP contribution is -2.41. The van der Waals surface area contributed by atoms with Crippen molar-refractivity contribution in [1.82, 2.24) is 14.9 Å². The van der Waals surface area contributed by atoms with Crippen molar-refractivity contribution in [2.45, 2.75) is 6.10 Å². The Bertz CT molecular complexity index is 703. The van der Waals surface area contributed by atoms with Gasteiger partial charge in [0.1, 0.15) is 17.6 Å². The van der Waals surface area contributed by atoms with E-state index in [1.54, 1.807) is 17.2 Å². The van der Waals surface area contributed by atoms with Crippen molar-refractivity contribution in [3.8, 4) is 0 Å². The van der Waals surface area contributed by atoms with Gasteiger partial charge in [0.05, 0.1) is 13.2 Å². The third-order valence-electron chi connectivity index (χ3n) is 3.66. The average molecular weight is 310 g/mol. The fourth-order valence-electron chi connectivity index (χ4n) is 2.46. The minimum atomic E-state index is -0.341. The molecule has 1 aliphatic heterocycles. The van der Waals surface area contributed by atoms with E-state index in [0.717, 1.165) is 5.56 Å². The van der Waals surface area contributed by atoms with Gasteiger partial charge in [0, 0.05) is 25.0 Å². The highest BCUT2D eigenvalue weighted by Gasteiger charge is 2.26. The lowest BCUT2D eigenvalue weighted by atomic mass is 10.2. The van der Waals surface area contributed by atoms with Gasteiger partial charge in [0.25, 0.3) is 0 Å². The van der Waals surface area contributed by atoms with Crippen LogP contribution in [0.3, 0.4) is 0 Å². The molecule has 1 unspecified atom stereocenters. The largest absolute Gasteiger partial charge is 0.382 e. The molecule has 1 saturated heterocycles. The summed E-state index contributed by atoms with van der Waals surface area (Å²) in [7, 11) is 0. The molecule has 6 heteroatoms. The number of benzene rings is 1. The Morgan fingerprint density at radius 1 is 1.26 bits per heavy atom. The van der Waals surface area contributed by atoms with Gasteiger partial charge in [-0.2, -0.15) is 0 Å². The predicted octanol–water partition coefficient (Wildman–Crippen LogP) is 1.67. The molecule has 2 aromatic rings. The number of rotatable bonds is 3. The molecule has 1 atom stereocenters. The number of nitrogens with two attached hydrogens (primary N) is 1. The number of hydrogen-bond acceptors (Lipinski definition) is 5. The topological polar surface area (TPSA) is 81.3 Å². The van der Waals surface area contributed by atoms with Crippen LogP contribution < -0.4 is 5.73 Å². The van der Waals surface area contributed by atoms with Crippen molar-refractivity contribution in [1.29, 1.82) is 0 Å². The Hall–Kier alpha value is -2.73. The number of nitrogens with zero attached hydrogens (tertiary/aromatic N) is 3. The average Bonchev–Trinajstić information content (AvgIpc) is 2.61. The second-order valence-electron chi connectivity index (χ2n) is 5.21. The zero-order chi connectivity index (χ0) is 16.1. The van der Waals surface area contributed by atoms with Crippen LogP contribution in [0.2, 0.25) is 0 Å². The van der Waals surface area contributed by atoms with Crippen LogP contribution in [-0.2, 0) is 9.53 Å². The fraction of sp³-hybridized carbons (Fsp3) is 0.235. The van der Waals surface area contributed by atoms with E-state index in [1.165, 1.54) is 6.20 Å². The van der Waals surface area contributed by atoms with Crippen LogP contribution in [0.15, 0.2) is 48.8 Å². The van der Waals surface area contributed by atoms with E-state index >= 15 is 0 Å². The smallest absolute Gasteiger partial charge is 0.246 e. The van der Waals surface area contributed by atoms with E-state index in [9.17, 15) is 4.79 Å². The molecule has 118 valence electrons. The Kier molecular flexibility index (Phi) is 4.63. The first kappa shape index (κ1) is 15.2. The molecule has 1 fully saturated rings. The van der Waals surface area contributed by atoms with Gasteiger partial charge >= 0.3 is 0 Å². The normalized spacial score (nSPS) is 18.3. The number of nitrogen functional groups attached to an aromatic ring is 1. The molecule has 1 aromatic carbocycles. The molecule has 0 saturated carbocycles. The molecule has 1 aliphatic rings. The summed E-state index contributed by atoms with van der Waals surface area (Å²) in [6, 6.07) is 9.72. The standard InChI is InChI=1S/C17H18N4O2/c18-17-16(19-8-9-20-17)14-12-21(10-11-23-14)15(22)7-6-13-4-2-1-3-5-13/h1-9,14H,10-12H2,(H2,18,20)/b7-6+. The zero-order valence-electron chi connectivity index (χ0n) is 12.6. The maximum absolute atomic E-state index is 12.3. The van der Waals surface area contributed by atoms with Gasteiger partial charge in [-0.3, -0.25) is 9.78 Å². The van der Waals surface area contributed by atoms with Gasteiger partial charge in [-0.15, -0.1) is 0 Å². The molecule has 1 amide bonds. The van der Waals surface area contributed by atoms with E-state index in [2.05, 4.69) is 9.97 Å². The second-order valence-corrected chi connectivity index (χ2v) is 5.21. The lowest BCUT2D eigenvalue weighted by Gasteiger charge is -2.32. The summed E-state index contributed by atoms with van der Waals surface area (Å²) in [5, 5.41) is 0. The summed E-state index contributed by atoms with van der Waals surface area (Å²) in [6.45, 7) is 1.42. The summed E-state index contributed by atoms with van der Waals surface area (Å²) >= 11 is 0. The number of ether oxygens (including phenoxy) is 1. The molecular weight excluding hydrogens is 292 g/mol. The number of aromatic nitrogens is 2. The SMILES string of the molecule is Nc1nccnc1C1CN(C(=O)/C=C/c2ccccc2)CCO1. The monoisotopic (exact) mass is 310 g/mol. The first-order valence-electron chi connectivity index (χ1n) is 7.44. The number of amides is 1. The van der Waals surface area contributed by atoms with E-state index in [1.807, 2.05) is 36.4 Å². The van der Waals surface area contributed by atoms with E-state index in [-0.39, 0.29) is 12.0 Å². The molecular formula is C17H18N4O2. The van der Waals surface area contributed by atoms with Crippen LogP contribution in [-0.4, -0.2) is 40.5 Å². The van der Waals surface area contributed by atoms with Crippen LogP contribution in [0, 0.1) is 0 Å². The van der Waals surface area contributed by atoms with E-state index in [0.29, 0.717) is 31.2 Å². The van der Waals surface area contributed by atoms with Crippen molar-refractivity contribution >= 4 is 17.8 Å². The molecule has 6 nitrogen and oxygen atoms in total. The first-order valence-corrected chi connectivity index (χ1v) is 7.44. The van der Waals surface area contributed by atoms with Crippen LogP contribution in [0.25, 0.3) is 6.08 Å². The van der Waals surface area contributed by atoms with Crippen molar-refractivity contribution in [2.24, 2.45) is 0 Å². The quantitative estimate of drug-likeness (QED) is 0.872. The molecule has 2 N–H and O–H groups in total. The number of anilines is 1. The Labute approximate surface area is 134 Å². The zero-order valence-corrected chi connectivity index (χ0v) is 12.6. The van der Waals surface area contributed by atoms with Crippen molar-refractivity contribution in [3.05, 3.63) is 60.1 Å². The van der Waals surface area contributed by atoms with Crippen molar-refractivity contribution < 1.29 is 9.53 Å². The Morgan fingerprint density at radius 3 is 2.83 bits per heavy atom. The Morgan fingerprint density at radius 2 is 2.04 bits per heavy atom. The van der Waals surface area contributed by atoms with Gasteiger partial charge in [0.15, 0.2) is 0 Å². The summed E-state index contributed by atoms with van der Waals surface area (Å²) in [4.78, 5) is 22.3. The summed E-state index contributed by atoms with van der Waals surface area (Å²) in [6.07, 6.45) is 6.16. The van der Waals surface area contributed by atoms with E-state index < -0.39 is 0 Å². The maximum Gasteiger partial charge on any atom is 0.246 e. The number of carbonyl (C=O) groups excluding carboxylic acids is 1. The number of carbonyl (C=O) groups is 1. The molecule has 23 heavy (non-hydrogen) atoms. The molecule has 0 radical (unpaired) electrons. The molecule has 0 spiro atoms. The van der Waals surface area contributed by atoms with E-state index in [4.69, 9.17) is 10.5 Å². The van der Waals surface area contributed by atoms with Gasteiger partial charge in [-0.25, -0.2) is 4.98 Å². The van der Waals surface area contributed by atoms with Crippen molar-refractivity contribution in [3.63, 3.8) is 0 Å². The summed E-state index contributed by atoms with van der Waals surface area (Å²) in [5.74, 6) is 0.288. The molecule has 3 rings (SSSR count). The maximum atomic E-state index is 12.3. The molecule has 2 heterocycles. The minimum Gasteiger partial charge on any atom is -0.382 e. The Balaban J connectivity index is 1.68. The van der Waals surface area contributed by atoms with Crippen molar-refractivity contribution in [2.75, 3.05) is 25.4 Å². The van der Waals surface area contributed by atoms with Gasteiger partial charge in [0.2, 0.25) is 5.91 Å². The van der Waals surface area contributed by atoms with Gasteiger partial charge in [-0.05, 0) is 11.6 Å². The van der Waals surface area contributed by atoms with Crippen LogP contribution in [0.5, 0.6) is 0 Å². The lowest BCUT2D eigenvalue weighted by molar-refractivity contribution is -0.133. The highest BCUT2D eigenvalue weighted by molar-refractivity contribution is 5.91. The second kappa shape index (κ2) is 7.02. The van der Waals surface area contributed by atoms with Crippen LogP contribution in [0.1, 0.15) is 17.4 Å². The minimum absolute atomic E-state index is 0.0513. The van der Waals surface area contributed by atoms with Crippen LogP contribution in [0.4, 0.5) is 5.82 Å². The fourth-order valence-corrected chi connectivity index (χ4v) is 2.46. The van der Waals surface area contributed by atoms with Gasteiger partial charge < -0.3 is 15.4 Å². The number of morpholine rings is 1. The summed E-state index contributed by atoms with van der Waals surface area (Å²) in [5.41, 5.74) is 7.41. The molecule has 0 bridgehead atoms. The third-order valence-corrected chi connectivity index (χ3v) is 3.66. The van der Waals surface area contributed by atoms with Gasteiger partial charge in [-0.1, -0.05) is 30.3 Å². The predicted molar refractivity (Wildman–Crippen MR) is 87.2 cm³/mol. The number of hydrogen-bond donors (Lipinski definition) is 1. The summed E-state index contributed by atoms with van der Waals surface area (Å²) < 4.78 is 5.69. The van der Waals surface area contributed by atoms with Crippen LogP contribution >= 0.6 is 0 Å². The highest BCUT2D eigenvalue weighted by Crippen LogP contribution is 2.23.